The van der Waals surface area contributed by atoms with Crippen molar-refractivity contribution in [3.05, 3.63) is 64.8 Å². The number of aromatic nitrogens is 2. The zero-order valence-electron chi connectivity index (χ0n) is 13.4. The lowest BCUT2D eigenvalue weighted by Crippen LogP contribution is -2.35. The Hall–Kier alpha value is -2.86. The highest BCUT2D eigenvalue weighted by molar-refractivity contribution is 7.13. The van der Waals surface area contributed by atoms with Gasteiger partial charge < -0.3 is 14.4 Å². The Balaban J connectivity index is 1.44. The second-order valence-corrected chi connectivity index (χ2v) is 7.11. The molecule has 1 N–H and O–H groups in total. The summed E-state index contributed by atoms with van der Waals surface area (Å²) in [5.74, 6) is 0.561. The molecular formula is C19H15N3O2S. The summed E-state index contributed by atoms with van der Waals surface area (Å²) in [4.78, 5) is 19.1. The van der Waals surface area contributed by atoms with Gasteiger partial charge in [-0.3, -0.25) is 4.79 Å². The summed E-state index contributed by atoms with van der Waals surface area (Å²) in [5, 5.41) is 7.15. The highest BCUT2D eigenvalue weighted by Crippen LogP contribution is 2.29. The van der Waals surface area contributed by atoms with Crippen molar-refractivity contribution in [1.82, 2.24) is 15.0 Å². The second-order valence-electron chi connectivity index (χ2n) is 6.16. The lowest BCUT2D eigenvalue weighted by molar-refractivity contribution is 0.0724. The molecule has 0 bridgehead atoms. The molecule has 0 saturated carbocycles. The average Bonchev–Trinajstić information content (AvgIpc) is 3.38. The van der Waals surface area contributed by atoms with Gasteiger partial charge in [0.25, 0.3) is 5.91 Å². The SMILES string of the molecule is O=C(c1cc(-c2cccs2)on1)N1CCc2[nH]c3ccccc3c2C1. The Morgan fingerprint density at radius 2 is 2.16 bits per heavy atom. The third kappa shape index (κ3) is 2.37. The smallest absolute Gasteiger partial charge is 0.276 e. The van der Waals surface area contributed by atoms with Gasteiger partial charge in [-0.1, -0.05) is 29.4 Å². The van der Waals surface area contributed by atoms with Crippen LogP contribution in [0.15, 0.2) is 52.4 Å². The minimum atomic E-state index is -0.0810. The summed E-state index contributed by atoms with van der Waals surface area (Å²) in [6.45, 7) is 1.28. The maximum absolute atomic E-state index is 12.8. The fourth-order valence-electron chi connectivity index (χ4n) is 3.41. The van der Waals surface area contributed by atoms with E-state index in [1.54, 1.807) is 17.4 Å². The first-order valence-electron chi connectivity index (χ1n) is 8.18. The van der Waals surface area contributed by atoms with Crippen molar-refractivity contribution in [3.8, 4) is 10.6 Å². The first kappa shape index (κ1) is 14.5. The summed E-state index contributed by atoms with van der Waals surface area (Å²) >= 11 is 1.57. The van der Waals surface area contributed by atoms with E-state index in [9.17, 15) is 4.79 Å². The monoisotopic (exact) mass is 349 g/mol. The number of benzene rings is 1. The summed E-state index contributed by atoms with van der Waals surface area (Å²) in [7, 11) is 0. The molecule has 4 heterocycles. The van der Waals surface area contributed by atoms with Crippen LogP contribution in [0.1, 0.15) is 21.7 Å². The fourth-order valence-corrected chi connectivity index (χ4v) is 4.09. The standard InChI is InChI=1S/C19H15N3O2S/c23-19(16-10-17(24-21-16)18-6-3-9-25-18)22-8-7-15-13(11-22)12-4-1-2-5-14(12)20-15/h1-6,9-10,20H,7-8,11H2. The Labute approximate surface area is 147 Å². The van der Waals surface area contributed by atoms with Crippen molar-refractivity contribution in [3.63, 3.8) is 0 Å². The van der Waals surface area contributed by atoms with E-state index in [1.807, 2.05) is 34.5 Å². The van der Waals surface area contributed by atoms with Crippen LogP contribution >= 0.6 is 11.3 Å². The van der Waals surface area contributed by atoms with Gasteiger partial charge in [-0.25, -0.2) is 0 Å². The first-order chi connectivity index (χ1) is 12.3. The number of carbonyl (C=O) groups excluding carboxylic acids is 1. The van der Waals surface area contributed by atoms with Crippen molar-refractivity contribution in [1.29, 1.82) is 0 Å². The number of thiophene rings is 1. The molecule has 6 heteroatoms. The van der Waals surface area contributed by atoms with Crippen LogP contribution in [-0.2, 0) is 13.0 Å². The van der Waals surface area contributed by atoms with Gasteiger partial charge in [0.2, 0.25) is 0 Å². The number of aromatic amines is 1. The summed E-state index contributed by atoms with van der Waals surface area (Å²) < 4.78 is 5.35. The number of H-pyrrole nitrogens is 1. The topological polar surface area (TPSA) is 62.1 Å². The number of rotatable bonds is 2. The molecule has 1 aromatic carbocycles. The van der Waals surface area contributed by atoms with Crippen LogP contribution in [0.25, 0.3) is 21.5 Å². The molecule has 0 spiro atoms. The molecule has 4 aromatic rings. The molecule has 1 amide bonds. The van der Waals surface area contributed by atoms with E-state index in [1.165, 1.54) is 16.6 Å². The molecule has 124 valence electrons. The maximum atomic E-state index is 12.8. The molecule has 0 fully saturated rings. The molecule has 0 radical (unpaired) electrons. The van der Waals surface area contributed by atoms with E-state index in [0.29, 0.717) is 24.5 Å². The zero-order chi connectivity index (χ0) is 16.8. The number of carbonyl (C=O) groups is 1. The third-order valence-electron chi connectivity index (χ3n) is 4.66. The maximum Gasteiger partial charge on any atom is 0.276 e. The van der Waals surface area contributed by atoms with Crippen LogP contribution in [0, 0.1) is 0 Å². The number of hydrogen-bond acceptors (Lipinski definition) is 4. The Morgan fingerprint density at radius 1 is 1.24 bits per heavy atom. The number of amides is 1. The number of nitrogens with one attached hydrogen (secondary N) is 1. The summed E-state index contributed by atoms with van der Waals surface area (Å²) in [6.07, 6.45) is 0.825. The quantitative estimate of drug-likeness (QED) is 0.593. The van der Waals surface area contributed by atoms with E-state index in [-0.39, 0.29) is 5.91 Å². The predicted molar refractivity (Wildman–Crippen MR) is 96.6 cm³/mol. The van der Waals surface area contributed by atoms with E-state index < -0.39 is 0 Å². The summed E-state index contributed by atoms with van der Waals surface area (Å²) in [6, 6.07) is 13.9. The van der Waals surface area contributed by atoms with E-state index in [4.69, 9.17) is 4.52 Å². The van der Waals surface area contributed by atoms with Gasteiger partial charge in [-0.05, 0) is 17.5 Å². The largest absolute Gasteiger partial charge is 0.358 e. The van der Waals surface area contributed by atoms with Crippen LogP contribution in [0.2, 0.25) is 0 Å². The Kier molecular flexibility index (Phi) is 3.24. The van der Waals surface area contributed by atoms with Gasteiger partial charge >= 0.3 is 0 Å². The molecular weight excluding hydrogens is 334 g/mol. The van der Waals surface area contributed by atoms with Gasteiger partial charge in [-0.15, -0.1) is 11.3 Å². The minimum Gasteiger partial charge on any atom is -0.358 e. The van der Waals surface area contributed by atoms with Crippen molar-refractivity contribution in [2.75, 3.05) is 6.54 Å². The Bertz CT molecular complexity index is 1060. The molecule has 3 aromatic heterocycles. The van der Waals surface area contributed by atoms with Crippen molar-refractivity contribution in [2.45, 2.75) is 13.0 Å². The van der Waals surface area contributed by atoms with Crippen molar-refractivity contribution < 1.29 is 9.32 Å². The van der Waals surface area contributed by atoms with Crippen LogP contribution in [0.4, 0.5) is 0 Å². The molecule has 0 atom stereocenters. The number of fused-ring (bicyclic) bond motifs is 3. The molecule has 1 aliphatic heterocycles. The van der Waals surface area contributed by atoms with Crippen LogP contribution in [0.5, 0.6) is 0 Å². The third-order valence-corrected chi connectivity index (χ3v) is 5.55. The Morgan fingerprint density at radius 3 is 3.04 bits per heavy atom. The first-order valence-corrected chi connectivity index (χ1v) is 9.06. The average molecular weight is 349 g/mol. The predicted octanol–water partition coefficient (Wildman–Crippen LogP) is 4.08. The van der Waals surface area contributed by atoms with E-state index in [0.717, 1.165) is 16.8 Å². The highest BCUT2D eigenvalue weighted by atomic mass is 32.1. The van der Waals surface area contributed by atoms with Gasteiger partial charge in [-0.2, -0.15) is 0 Å². The van der Waals surface area contributed by atoms with Gasteiger partial charge in [0, 0.05) is 47.7 Å². The van der Waals surface area contributed by atoms with Gasteiger partial charge in [0.1, 0.15) is 0 Å². The molecule has 5 rings (SSSR count). The lowest BCUT2D eigenvalue weighted by Gasteiger charge is -2.26. The van der Waals surface area contributed by atoms with Gasteiger partial charge in [0.15, 0.2) is 11.5 Å². The van der Waals surface area contributed by atoms with Gasteiger partial charge in [0.05, 0.1) is 4.88 Å². The molecule has 25 heavy (non-hydrogen) atoms. The van der Waals surface area contributed by atoms with Crippen LogP contribution in [0.3, 0.4) is 0 Å². The fraction of sp³-hybridized carbons (Fsp3) is 0.158. The molecule has 0 unspecified atom stereocenters. The zero-order valence-corrected chi connectivity index (χ0v) is 14.2. The molecule has 0 saturated heterocycles. The lowest BCUT2D eigenvalue weighted by atomic mass is 10.0. The number of hydrogen-bond donors (Lipinski definition) is 1. The molecule has 5 nitrogen and oxygen atoms in total. The number of para-hydroxylation sites is 1. The summed E-state index contributed by atoms with van der Waals surface area (Å²) in [5.41, 5.74) is 3.93. The van der Waals surface area contributed by atoms with Crippen molar-refractivity contribution >= 4 is 28.1 Å². The molecule has 1 aliphatic rings. The minimum absolute atomic E-state index is 0.0810. The van der Waals surface area contributed by atoms with Crippen LogP contribution in [-0.4, -0.2) is 27.5 Å². The van der Waals surface area contributed by atoms with Crippen LogP contribution < -0.4 is 0 Å². The highest BCUT2D eigenvalue weighted by Gasteiger charge is 2.26. The normalized spacial score (nSPS) is 14.0. The molecule has 0 aliphatic carbocycles. The second kappa shape index (κ2) is 5.60. The van der Waals surface area contributed by atoms with E-state index in [2.05, 4.69) is 22.3 Å². The van der Waals surface area contributed by atoms with Crippen molar-refractivity contribution in [2.24, 2.45) is 0 Å². The van der Waals surface area contributed by atoms with E-state index >= 15 is 0 Å². The number of nitrogens with zero attached hydrogens (tertiary/aromatic N) is 2.